The lowest BCUT2D eigenvalue weighted by Crippen LogP contribution is -2.47. The van der Waals surface area contributed by atoms with Gasteiger partial charge in [-0.2, -0.15) is 0 Å². The van der Waals surface area contributed by atoms with Crippen molar-refractivity contribution in [2.24, 2.45) is 5.92 Å². The first-order valence-corrected chi connectivity index (χ1v) is 9.73. The van der Waals surface area contributed by atoms with E-state index in [-0.39, 0.29) is 11.8 Å². The molecule has 1 saturated carbocycles. The van der Waals surface area contributed by atoms with Gasteiger partial charge in [-0.1, -0.05) is 35.2 Å². The molecule has 3 nitrogen and oxygen atoms in total. The van der Waals surface area contributed by atoms with Gasteiger partial charge in [0.1, 0.15) is 5.75 Å². The van der Waals surface area contributed by atoms with Gasteiger partial charge in [-0.25, -0.2) is 0 Å². The molecule has 7 heteroatoms. The maximum atomic E-state index is 12.7. The van der Waals surface area contributed by atoms with Crippen LogP contribution in [-0.2, 0) is 0 Å². The standard InChI is InChI=1S/C18H24BrF3N2O/c19-15-10-14(11-16(12-15)25-18(20,21)22)17(13-4-2-1-3-5-13)24-8-6-23-7-9-24/h10-13,17,23H,1-9H2/t17-/m1/s1. The molecule has 1 aromatic rings. The number of nitrogens with zero attached hydrogens (tertiary/aromatic N) is 1. The van der Waals surface area contributed by atoms with Crippen molar-refractivity contribution in [3.63, 3.8) is 0 Å². The first kappa shape index (κ1) is 19.0. The van der Waals surface area contributed by atoms with E-state index in [0.29, 0.717) is 10.4 Å². The van der Waals surface area contributed by atoms with Crippen molar-refractivity contribution in [1.82, 2.24) is 10.2 Å². The summed E-state index contributed by atoms with van der Waals surface area (Å²) in [5, 5.41) is 3.35. The van der Waals surface area contributed by atoms with Crippen molar-refractivity contribution >= 4 is 15.9 Å². The highest BCUT2D eigenvalue weighted by Gasteiger charge is 2.34. The van der Waals surface area contributed by atoms with E-state index in [0.717, 1.165) is 44.6 Å². The second kappa shape index (κ2) is 8.27. The van der Waals surface area contributed by atoms with Crippen molar-refractivity contribution in [1.29, 1.82) is 0 Å². The van der Waals surface area contributed by atoms with E-state index in [4.69, 9.17) is 0 Å². The summed E-state index contributed by atoms with van der Waals surface area (Å²) in [6.45, 7) is 3.68. The number of hydrogen-bond acceptors (Lipinski definition) is 3. The molecule has 0 radical (unpaired) electrons. The Morgan fingerprint density at radius 3 is 2.40 bits per heavy atom. The zero-order chi connectivity index (χ0) is 17.9. The number of alkyl halides is 3. The van der Waals surface area contributed by atoms with Crippen LogP contribution in [0, 0.1) is 5.92 Å². The van der Waals surface area contributed by atoms with Gasteiger partial charge in [-0.05, 0) is 42.5 Å². The maximum Gasteiger partial charge on any atom is 0.573 e. The van der Waals surface area contributed by atoms with E-state index in [2.05, 4.69) is 30.9 Å². The number of halogens is 4. The minimum Gasteiger partial charge on any atom is -0.406 e. The molecule has 1 heterocycles. The van der Waals surface area contributed by atoms with E-state index < -0.39 is 6.36 Å². The summed E-state index contributed by atoms with van der Waals surface area (Å²) in [5.74, 6) is 0.340. The van der Waals surface area contributed by atoms with Crippen molar-refractivity contribution in [3.8, 4) is 5.75 Å². The van der Waals surface area contributed by atoms with E-state index >= 15 is 0 Å². The number of rotatable bonds is 4. The summed E-state index contributed by atoms with van der Waals surface area (Å²) < 4.78 is 42.8. The second-order valence-corrected chi connectivity index (χ2v) is 7.81. The molecule has 0 amide bonds. The number of ether oxygens (including phenoxy) is 1. The molecule has 25 heavy (non-hydrogen) atoms. The van der Waals surface area contributed by atoms with Crippen LogP contribution in [0.4, 0.5) is 13.2 Å². The summed E-state index contributed by atoms with van der Waals surface area (Å²) >= 11 is 3.36. The molecule has 0 aromatic heterocycles. The van der Waals surface area contributed by atoms with Gasteiger partial charge in [0.15, 0.2) is 0 Å². The van der Waals surface area contributed by atoms with Crippen LogP contribution >= 0.6 is 15.9 Å². The Kier molecular flexibility index (Phi) is 6.28. The van der Waals surface area contributed by atoms with Gasteiger partial charge >= 0.3 is 6.36 Å². The Labute approximate surface area is 155 Å². The van der Waals surface area contributed by atoms with Gasteiger partial charge in [0, 0.05) is 36.7 Å². The molecule has 1 atom stereocenters. The number of piperazine rings is 1. The molecule has 1 aliphatic heterocycles. The van der Waals surface area contributed by atoms with Gasteiger partial charge < -0.3 is 10.1 Å². The van der Waals surface area contributed by atoms with Crippen LogP contribution in [0.15, 0.2) is 22.7 Å². The molecule has 0 spiro atoms. The van der Waals surface area contributed by atoms with Gasteiger partial charge in [0.25, 0.3) is 0 Å². The molecule has 140 valence electrons. The van der Waals surface area contributed by atoms with E-state index in [1.807, 2.05) is 6.07 Å². The van der Waals surface area contributed by atoms with Gasteiger partial charge in [0.2, 0.25) is 0 Å². The molecule has 1 N–H and O–H groups in total. The van der Waals surface area contributed by atoms with Crippen LogP contribution in [0.1, 0.15) is 43.7 Å². The Balaban J connectivity index is 1.91. The fourth-order valence-corrected chi connectivity index (χ4v) is 4.63. The zero-order valence-electron chi connectivity index (χ0n) is 14.1. The predicted octanol–water partition coefficient (Wildman–Crippen LogP) is 4.87. The smallest absolute Gasteiger partial charge is 0.406 e. The van der Waals surface area contributed by atoms with Crippen molar-refractivity contribution in [3.05, 3.63) is 28.2 Å². The lowest BCUT2D eigenvalue weighted by molar-refractivity contribution is -0.274. The highest BCUT2D eigenvalue weighted by atomic mass is 79.9. The molecule has 0 bridgehead atoms. The van der Waals surface area contributed by atoms with Gasteiger partial charge in [-0.15, -0.1) is 13.2 Å². The summed E-state index contributed by atoms with van der Waals surface area (Å²) in [6.07, 6.45) is 1.26. The molecular weight excluding hydrogens is 397 g/mol. The summed E-state index contributed by atoms with van der Waals surface area (Å²) in [7, 11) is 0. The quantitative estimate of drug-likeness (QED) is 0.751. The fraction of sp³-hybridized carbons (Fsp3) is 0.667. The lowest BCUT2D eigenvalue weighted by Gasteiger charge is -2.41. The Morgan fingerprint density at radius 2 is 1.76 bits per heavy atom. The molecule has 3 rings (SSSR count). The normalized spacial score (nSPS) is 21.9. The molecule has 1 aromatic carbocycles. The van der Waals surface area contributed by atoms with Crippen LogP contribution in [-0.4, -0.2) is 37.4 Å². The van der Waals surface area contributed by atoms with Crippen molar-refractivity contribution < 1.29 is 17.9 Å². The summed E-state index contributed by atoms with van der Waals surface area (Å²) in [5.41, 5.74) is 0.919. The maximum absolute atomic E-state index is 12.7. The van der Waals surface area contributed by atoms with Gasteiger partial charge in [-0.3, -0.25) is 4.90 Å². The SMILES string of the molecule is FC(F)(F)Oc1cc(Br)cc([C@@H](C2CCCCC2)N2CCNCC2)c1. The number of nitrogens with one attached hydrogen (secondary N) is 1. The molecule has 1 saturated heterocycles. The lowest BCUT2D eigenvalue weighted by atomic mass is 9.80. The van der Waals surface area contributed by atoms with Crippen molar-refractivity contribution in [2.75, 3.05) is 26.2 Å². The van der Waals surface area contributed by atoms with Crippen LogP contribution < -0.4 is 10.1 Å². The number of hydrogen-bond donors (Lipinski definition) is 1. The molecule has 1 aliphatic carbocycles. The average molecular weight is 421 g/mol. The van der Waals surface area contributed by atoms with Crippen molar-refractivity contribution in [2.45, 2.75) is 44.5 Å². The highest BCUT2D eigenvalue weighted by Crippen LogP contribution is 2.41. The third kappa shape index (κ3) is 5.34. The zero-order valence-corrected chi connectivity index (χ0v) is 15.7. The molecule has 2 aliphatic rings. The van der Waals surface area contributed by atoms with Crippen LogP contribution in [0.5, 0.6) is 5.75 Å². The minimum atomic E-state index is -4.67. The minimum absolute atomic E-state index is 0.146. The topological polar surface area (TPSA) is 24.5 Å². The number of benzene rings is 1. The summed E-state index contributed by atoms with van der Waals surface area (Å²) in [4.78, 5) is 2.42. The highest BCUT2D eigenvalue weighted by molar-refractivity contribution is 9.10. The third-order valence-electron chi connectivity index (χ3n) is 5.11. The van der Waals surface area contributed by atoms with E-state index in [1.165, 1.54) is 25.3 Å². The average Bonchev–Trinajstić information content (AvgIpc) is 2.55. The Bertz CT molecular complexity index is 552. The Morgan fingerprint density at radius 1 is 1.08 bits per heavy atom. The first-order chi connectivity index (χ1) is 11.9. The Hall–Kier alpha value is -0.790. The molecular formula is C18H24BrF3N2O. The van der Waals surface area contributed by atoms with Gasteiger partial charge in [0.05, 0.1) is 0 Å². The van der Waals surface area contributed by atoms with Crippen LogP contribution in [0.25, 0.3) is 0 Å². The summed E-state index contributed by atoms with van der Waals surface area (Å²) in [6, 6.07) is 5.05. The second-order valence-electron chi connectivity index (χ2n) is 6.90. The monoisotopic (exact) mass is 420 g/mol. The molecule has 2 fully saturated rings. The fourth-order valence-electron chi connectivity index (χ4n) is 4.14. The van der Waals surface area contributed by atoms with E-state index in [1.54, 1.807) is 6.07 Å². The van der Waals surface area contributed by atoms with Crippen LogP contribution in [0.2, 0.25) is 0 Å². The largest absolute Gasteiger partial charge is 0.573 e. The van der Waals surface area contributed by atoms with Crippen LogP contribution in [0.3, 0.4) is 0 Å². The third-order valence-corrected chi connectivity index (χ3v) is 5.57. The van der Waals surface area contributed by atoms with E-state index in [9.17, 15) is 13.2 Å². The first-order valence-electron chi connectivity index (χ1n) is 8.93. The predicted molar refractivity (Wildman–Crippen MR) is 94.6 cm³/mol. The molecule has 0 unspecified atom stereocenters.